The summed E-state index contributed by atoms with van der Waals surface area (Å²) in [5, 5.41) is 5.93. The van der Waals surface area contributed by atoms with E-state index in [0.717, 1.165) is 32.1 Å². The summed E-state index contributed by atoms with van der Waals surface area (Å²) in [6.07, 6.45) is 11.9. The van der Waals surface area contributed by atoms with Crippen molar-refractivity contribution < 1.29 is 13.3 Å². The van der Waals surface area contributed by atoms with E-state index in [1.165, 1.54) is 19.3 Å². The van der Waals surface area contributed by atoms with Gasteiger partial charge in [0.15, 0.2) is 0 Å². The summed E-state index contributed by atoms with van der Waals surface area (Å²) >= 11 is 0. The quantitative estimate of drug-likeness (QED) is 0.221. The molecule has 0 unspecified atom stereocenters. The predicted octanol–water partition coefficient (Wildman–Crippen LogP) is 2.82. The van der Waals surface area contributed by atoms with Crippen LogP contribution in [0.2, 0.25) is 0 Å². The third-order valence-electron chi connectivity index (χ3n) is 5.71. The van der Waals surface area contributed by atoms with Crippen molar-refractivity contribution in [2.75, 3.05) is 29.5 Å². The van der Waals surface area contributed by atoms with Crippen LogP contribution in [0.4, 0.5) is 17.1 Å². The van der Waals surface area contributed by atoms with Crippen molar-refractivity contribution in [1.82, 2.24) is 9.87 Å². The van der Waals surface area contributed by atoms with Gasteiger partial charge in [0.25, 0.3) is 10.9 Å². The number of rotatable bonds is 14. The zero-order valence-electron chi connectivity index (χ0n) is 18.3. The molecule has 0 atom stereocenters. The summed E-state index contributed by atoms with van der Waals surface area (Å²) in [6, 6.07) is 3.50. The van der Waals surface area contributed by atoms with Gasteiger partial charge in [-0.25, -0.2) is 8.42 Å². The number of pyridine rings is 1. The highest BCUT2D eigenvalue weighted by atomic mass is 32.2. The Hall–Kier alpha value is -2.30. The molecule has 1 heterocycles. The maximum atomic E-state index is 12.0. The van der Waals surface area contributed by atoms with Crippen LogP contribution in [0, 0.1) is 5.92 Å². The fourth-order valence-electron chi connectivity index (χ4n) is 3.88. The maximum Gasteiger partial charge on any atom is 0.253 e. The Morgan fingerprint density at radius 1 is 1.00 bits per heavy atom. The number of nitrogens with one attached hydrogen (secondary N) is 3. The molecular formula is C22H32N4O5S. The number of nitrogens with zero attached hydrogens (tertiary/aromatic N) is 1. The van der Waals surface area contributed by atoms with Gasteiger partial charge in [-0.3, -0.25) is 19.4 Å². The van der Waals surface area contributed by atoms with Crippen LogP contribution in [0.15, 0.2) is 34.1 Å². The number of sulfonamides is 1. The highest BCUT2D eigenvalue weighted by Crippen LogP contribution is 2.23. The first-order valence-corrected chi connectivity index (χ1v) is 13.0. The van der Waals surface area contributed by atoms with E-state index in [1.54, 1.807) is 24.5 Å². The minimum Gasteiger partial charge on any atom is -0.380 e. The van der Waals surface area contributed by atoms with Gasteiger partial charge in [-0.05, 0) is 43.7 Å². The van der Waals surface area contributed by atoms with Crippen molar-refractivity contribution in [1.29, 1.82) is 0 Å². The van der Waals surface area contributed by atoms with E-state index >= 15 is 0 Å². The molecule has 10 heteroatoms. The molecule has 0 spiro atoms. The van der Waals surface area contributed by atoms with Crippen LogP contribution in [0.3, 0.4) is 0 Å². The first kappa shape index (κ1) is 24.3. The normalized spacial score (nSPS) is 15.1. The van der Waals surface area contributed by atoms with E-state index in [-0.39, 0.29) is 11.4 Å². The highest BCUT2D eigenvalue weighted by molar-refractivity contribution is 7.89. The Kier molecular flexibility index (Phi) is 9.19. The van der Waals surface area contributed by atoms with Gasteiger partial charge >= 0.3 is 0 Å². The molecule has 1 aliphatic carbocycles. The third kappa shape index (κ3) is 7.39. The van der Waals surface area contributed by atoms with Gasteiger partial charge in [-0.15, -0.1) is 0 Å². The van der Waals surface area contributed by atoms with Crippen molar-refractivity contribution in [2.24, 2.45) is 5.92 Å². The molecule has 1 saturated carbocycles. The number of hydrogen-bond donors (Lipinski definition) is 3. The average Bonchev–Trinajstić information content (AvgIpc) is 2.80. The number of unbranched alkanes of at least 4 members (excludes halogenated alkanes) is 3. The van der Waals surface area contributed by atoms with Crippen LogP contribution in [-0.2, 0) is 14.9 Å². The van der Waals surface area contributed by atoms with Gasteiger partial charge in [-0.2, -0.15) is 0 Å². The smallest absolute Gasteiger partial charge is 0.253 e. The van der Waals surface area contributed by atoms with E-state index < -0.39 is 20.9 Å². The molecular weight excluding hydrogens is 432 g/mol. The van der Waals surface area contributed by atoms with Gasteiger partial charge in [0.1, 0.15) is 11.4 Å². The fraction of sp³-hybridized carbons (Fsp3) is 0.591. The SMILES string of the molecule is O=c1c(NCCCCCCS(=O)(=O)NOCC2CCCCC2)c(Nc2cccnc2)c1=O. The van der Waals surface area contributed by atoms with Crippen LogP contribution >= 0.6 is 0 Å². The largest absolute Gasteiger partial charge is 0.380 e. The Labute approximate surface area is 188 Å². The summed E-state index contributed by atoms with van der Waals surface area (Å²) in [6.45, 7) is 0.974. The van der Waals surface area contributed by atoms with Gasteiger partial charge in [0.05, 0.1) is 24.2 Å². The Morgan fingerprint density at radius 2 is 1.75 bits per heavy atom. The van der Waals surface area contributed by atoms with Crippen molar-refractivity contribution in [3.05, 3.63) is 45.0 Å². The monoisotopic (exact) mass is 464 g/mol. The van der Waals surface area contributed by atoms with Crippen LogP contribution in [-0.4, -0.2) is 32.3 Å². The third-order valence-corrected chi connectivity index (χ3v) is 6.91. The van der Waals surface area contributed by atoms with Crippen molar-refractivity contribution in [2.45, 2.75) is 57.8 Å². The molecule has 0 aliphatic heterocycles. The number of hydrogen-bond acceptors (Lipinski definition) is 8. The van der Waals surface area contributed by atoms with E-state index in [2.05, 4.69) is 20.5 Å². The Balaban J connectivity index is 1.27. The minimum absolute atomic E-state index is 0.0302. The highest BCUT2D eigenvalue weighted by Gasteiger charge is 2.20. The summed E-state index contributed by atoms with van der Waals surface area (Å²) in [5.74, 6) is 0.481. The van der Waals surface area contributed by atoms with Gasteiger partial charge in [0, 0.05) is 12.7 Å². The molecule has 176 valence electrons. The van der Waals surface area contributed by atoms with Crippen LogP contribution in [0.5, 0.6) is 0 Å². The second-order valence-corrected chi connectivity index (χ2v) is 10.1. The first-order valence-electron chi connectivity index (χ1n) is 11.3. The Morgan fingerprint density at radius 3 is 2.50 bits per heavy atom. The molecule has 0 amide bonds. The van der Waals surface area contributed by atoms with Crippen LogP contribution in [0.25, 0.3) is 0 Å². The van der Waals surface area contributed by atoms with Crippen LogP contribution in [0.1, 0.15) is 57.8 Å². The standard InChI is InChI=1S/C22H32N4O5S/c27-21-19(20(22(21)28)25-18-11-8-12-23-15-18)24-13-6-1-2-7-14-32(29,30)26-31-16-17-9-4-3-5-10-17/h8,11-12,15,17,24-26H,1-7,9-10,13-14,16H2. The molecule has 1 aromatic carbocycles. The molecule has 0 saturated heterocycles. The molecule has 32 heavy (non-hydrogen) atoms. The molecule has 1 aromatic heterocycles. The summed E-state index contributed by atoms with van der Waals surface area (Å²) in [5.41, 5.74) is 0.121. The summed E-state index contributed by atoms with van der Waals surface area (Å²) in [4.78, 5) is 35.1. The molecule has 1 fully saturated rings. The van der Waals surface area contributed by atoms with Crippen LogP contribution < -0.4 is 26.4 Å². The van der Waals surface area contributed by atoms with E-state index in [0.29, 0.717) is 36.9 Å². The lowest BCUT2D eigenvalue weighted by atomic mass is 9.90. The van der Waals surface area contributed by atoms with Crippen molar-refractivity contribution in [3.63, 3.8) is 0 Å². The second-order valence-electron chi connectivity index (χ2n) is 8.33. The topological polar surface area (TPSA) is 126 Å². The molecule has 3 rings (SSSR count). The summed E-state index contributed by atoms with van der Waals surface area (Å²) < 4.78 is 24.0. The van der Waals surface area contributed by atoms with Gasteiger partial charge in [-0.1, -0.05) is 37.0 Å². The van der Waals surface area contributed by atoms with Gasteiger partial charge < -0.3 is 10.6 Å². The number of aromatic nitrogens is 1. The summed E-state index contributed by atoms with van der Waals surface area (Å²) in [7, 11) is -3.42. The van der Waals surface area contributed by atoms with Crippen molar-refractivity contribution >= 4 is 27.1 Å². The average molecular weight is 465 g/mol. The zero-order chi connectivity index (χ0) is 22.8. The molecule has 9 nitrogen and oxygen atoms in total. The van der Waals surface area contributed by atoms with E-state index in [9.17, 15) is 18.0 Å². The van der Waals surface area contributed by atoms with Gasteiger partial charge in [0.2, 0.25) is 10.0 Å². The fourth-order valence-corrected chi connectivity index (χ4v) is 4.80. The molecule has 0 bridgehead atoms. The van der Waals surface area contributed by atoms with E-state index in [1.807, 2.05) is 0 Å². The lowest BCUT2D eigenvalue weighted by Crippen LogP contribution is -2.36. The molecule has 1 aliphatic rings. The number of anilines is 3. The van der Waals surface area contributed by atoms with E-state index in [4.69, 9.17) is 4.84 Å². The Bertz CT molecular complexity index is 1010. The predicted molar refractivity (Wildman–Crippen MR) is 125 cm³/mol. The molecule has 2 aromatic rings. The first-order chi connectivity index (χ1) is 15.5. The molecule has 0 radical (unpaired) electrons. The lowest BCUT2D eigenvalue weighted by molar-refractivity contribution is 0.0519. The maximum absolute atomic E-state index is 12.0. The van der Waals surface area contributed by atoms with Crippen molar-refractivity contribution in [3.8, 4) is 0 Å². The second kappa shape index (κ2) is 12.1. The minimum atomic E-state index is -3.42. The lowest BCUT2D eigenvalue weighted by Gasteiger charge is -2.21. The molecule has 3 N–H and O–H groups in total. The zero-order valence-corrected chi connectivity index (χ0v) is 19.1.